The van der Waals surface area contributed by atoms with Crippen LogP contribution in [0.2, 0.25) is 0 Å². The minimum atomic E-state index is -3.99. The molecule has 168 valence electrons. The van der Waals surface area contributed by atoms with Gasteiger partial charge in [0.1, 0.15) is 0 Å². The summed E-state index contributed by atoms with van der Waals surface area (Å²) in [7, 11) is -3.99. The number of amides is 2. The molecule has 3 rings (SSSR count). The number of carboxylic acid groups (broad SMARTS) is 1. The topological polar surface area (TPSA) is 201 Å². The molecular formula is C19H19N6NaO6S. The number of guanidine groups is 1. The quantitative estimate of drug-likeness (QED) is 0.0844. The maximum atomic E-state index is 12.8. The maximum absolute atomic E-state index is 12.8. The fourth-order valence-electron chi connectivity index (χ4n) is 3.23. The number of nitrogens with two attached hydrogens (primary N) is 2. The number of hydrogen-bond donors (Lipinski definition) is 3. The standard InChI is InChI=1S/C19H20N6O6S.Na/c20-19(21)24-8-7-23-14(26)5-4-11-10-32(30,31)17-13(9-12-3-1-2-6-22-12)16(27)25(17)15(11)18(28)29;/h1-6,9,17H,7-8,10H2,(H,23,26)(H,28,29)(H4,20,21,24);/q;+1/p-1/b5-4+,13-9-;/t17-;/m1./s1. The molecule has 1 aromatic rings. The Labute approximate surface area is 211 Å². The number of pyridine rings is 1. The molecule has 3 heterocycles. The average Bonchev–Trinajstić information content (AvgIpc) is 2.73. The number of carbonyl (C=O) groups is 3. The molecule has 0 saturated carbocycles. The molecule has 0 bridgehead atoms. The van der Waals surface area contributed by atoms with Crippen LogP contribution in [0, 0.1) is 0 Å². The van der Waals surface area contributed by atoms with Gasteiger partial charge in [-0.2, -0.15) is 0 Å². The van der Waals surface area contributed by atoms with Crippen LogP contribution >= 0.6 is 0 Å². The van der Waals surface area contributed by atoms with E-state index in [9.17, 15) is 27.9 Å². The van der Waals surface area contributed by atoms with Crippen molar-refractivity contribution in [3.05, 3.63) is 59.1 Å². The van der Waals surface area contributed by atoms with Gasteiger partial charge in [0.15, 0.2) is 21.2 Å². The molecule has 33 heavy (non-hydrogen) atoms. The number of allylic oxidation sites excluding steroid dienone is 1. The van der Waals surface area contributed by atoms with Crippen molar-refractivity contribution in [2.45, 2.75) is 5.37 Å². The van der Waals surface area contributed by atoms with Crippen molar-refractivity contribution in [2.75, 3.05) is 18.8 Å². The van der Waals surface area contributed by atoms with E-state index in [4.69, 9.17) is 11.5 Å². The van der Waals surface area contributed by atoms with Gasteiger partial charge in [0.2, 0.25) is 5.91 Å². The zero-order valence-electron chi connectivity index (χ0n) is 17.6. The summed E-state index contributed by atoms with van der Waals surface area (Å²) in [6.07, 6.45) is 4.76. The van der Waals surface area contributed by atoms with Crippen LogP contribution in [0.1, 0.15) is 5.69 Å². The monoisotopic (exact) mass is 482 g/mol. The van der Waals surface area contributed by atoms with Gasteiger partial charge in [0.05, 0.1) is 35.2 Å². The molecule has 5 N–H and O–H groups in total. The first-order valence-corrected chi connectivity index (χ1v) is 11.0. The van der Waals surface area contributed by atoms with Crippen LogP contribution in [-0.2, 0) is 24.2 Å². The SMILES string of the molecule is NC(N)=NCCNC(=O)/C=C/C1=C(C(=O)[O-])N2C(=O)/C(=C/c3ccccn3)[C@H]2S(=O)(=O)C1.[Na+]. The number of β-lactam (4-membered cyclic amide) rings is 1. The number of nitrogens with one attached hydrogen (secondary N) is 1. The summed E-state index contributed by atoms with van der Waals surface area (Å²) in [6, 6.07) is 4.89. The van der Waals surface area contributed by atoms with Gasteiger partial charge in [-0.15, -0.1) is 0 Å². The van der Waals surface area contributed by atoms with E-state index in [1.54, 1.807) is 18.2 Å². The molecule has 0 aromatic carbocycles. The summed E-state index contributed by atoms with van der Waals surface area (Å²) in [5.41, 5.74) is 9.75. The van der Waals surface area contributed by atoms with Crippen LogP contribution in [0.5, 0.6) is 0 Å². The van der Waals surface area contributed by atoms with Gasteiger partial charge < -0.3 is 26.7 Å². The number of rotatable bonds is 7. The molecule has 0 aliphatic carbocycles. The Hall–Kier alpha value is -3.00. The van der Waals surface area contributed by atoms with Crippen molar-refractivity contribution in [3.63, 3.8) is 0 Å². The fraction of sp³-hybridized carbons (Fsp3) is 0.211. The fourth-order valence-corrected chi connectivity index (χ4v) is 5.13. The third kappa shape index (κ3) is 5.87. The Kier molecular flexibility index (Phi) is 8.55. The molecule has 2 aliphatic rings. The van der Waals surface area contributed by atoms with E-state index in [0.29, 0.717) is 10.6 Å². The van der Waals surface area contributed by atoms with Crippen molar-refractivity contribution in [1.82, 2.24) is 15.2 Å². The predicted molar refractivity (Wildman–Crippen MR) is 111 cm³/mol. The van der Waals surface area contributed by atoms with E-state index in [1.165, 1.54) is 12.3 Å². The molecule has 2 amide bonds. The zero-order chi connectivity index (χ0) is 23.5. The molecular weight excluding hydrogens is 463 g/mol. The first kappa shape index (κ1) is 26.3. The smallest absolute Gasteiger partial charge is 0.543 e. The van der Waals surface area contributed by atoms with Gasteiger partial charge in [0.25, 0.3) is 5.91 Å². The van der Waals surface area contributed by atoms with Crippen LogP contribution in [0.15, 0.2) is 58.4 Å². The first-order chi connectivity index (χ1) is 15.1. The number of hydrogen-bond acceptors (Lipinski definition) is 8. The minimum absolute atomic E-state index is 0. The number of sulfone groups is 1. The Morgan fingerprint density at radius 3 is 2.67 bits per heavy atom. The number of carbonyl (C=O) groups excluding carboxylic acids is 3. The number of fused-ring (bicyclic) bond motifs is 1. The zero-order valence-corrected chi connectivity index (χ0v) is 20.4. The molecule has 12 nitrogen and oxygen atoms in total. The van der Waals surface area contributed by atoms with Gasteiger partial charge in [-0.3, -0.25) is 24.5 Å². The van der Waals surface area contributed by atoms with Crippen LogP contribution in [-0.4, -0.2) is 66.3 Å². The molecule has 0 spiro atoms. The van der Waals surface area contributed by atoms with E-state index < -0.39 is 44.4 Å². The predicted octanol–water partition coefficient (Wildman–Crippen LogP) is -5.98. The Bertz CT molecular complexity index is 1190. The number of nitrogens with zero attached hydrogens (tertiary/aromatic N) is 3. The normalized spacial score (nSPS) is 20.0. The van der Waals surface area contributed by atoms with Crippen molar-refractivity contribution in [1.29, 1.82) is 0 Å². The first-order valence-electron chi connectivity index (χ1n) is 9.25. The van der Waals surface area contributed by atoms with Crippen LogP contribution in [0.4, 0.5) is 0 Å². The van der Waals surface area contributed by atoms with E-state index in [2.05, 4.69) is 15.3 Å². The van der Waals surface area contributed by atoms with Gasteiger partial charge in [-0.25, -0.2) is 8.42 Å². The van der Waals surface area contributed by atoms with Crippen molar-refractivity contribution >= 4 is 39.7 Å². The third-order valence-corrected chi connectivity index (χ3v) is 6.39. The van der Waals surface area contributed by atoms with Crippen LogP contribution in [0.25, 0.3) is 6.08 Å². The molecule has 1 saturated heterocycles. The number of aliphatic carboxylic acids is 1. The van der Waals surface area contributed by atoms with Gasteiger partial charge in [-0.05, 0) is 23.8 Å². The number of aromatic nitrogens is 1. The van der Waals surface area contributed by atoms with Crippen LogP contribution in [0.3, 0.4) is 0 Å². The summed E-state index contributed by atoms with van der Waals surface area (Å²) in [6.45, 7) is 0.221. The van der Waals surface area contributed by atoms with E-state index in [0.717, 1.165) is 12.2 Å². The second-order valence-electron chi connectivity index (χ2n) is 6.78. The third-order valence-electron chi connectivity index (χ3n) is 4.53. The van der Waals surface area contributed by atoms with Crippen LogP contribution < -0.4 is 51.4 Å². The summed E-state index contributed by atoms with van der Waals surface area (Å²) in [5.74, 6) is -4.00. The van der Waals surface area contributed by atoms with E-state index in [-0.39, 0.29) is 59.8 Å². The molecule has 14 heteroatoms. The van der Waals surface area contributed by atoms with Crippen molar-refractivity contribution in [2.24, 2.45) is 16.5 Å². The van der Waals surface area contributed by atoms with E-state index >= 15 is 0 Å². The second kappa shape index (κ2) is 10.7. The average molecular weight is 482 g/mol. The summed E-state index contributed by atoms with van der Waals surface area (Å²) in [5, 5.41) is 12.7. The molecule has 1 fully saturated rings. The van der Waals surface area contributed by atoms with Crippen molar-refractivity contribution in [3.8, 4) is 0 Å². The van der Waals surface area contributed by atoms with Gasteiger partial charge in [-0.1, -0.05) is 12.1 Å². The molecule has 0 radical (unpaired) electrons. The molecule has 0 unspecified atom stereocenters. The summed E-state index contributed by atoms with van der Waals surface area (Å²) < 4.78 is 25.6. The second-order valence-corrected chi connectivity index (χ2v) is 8.84. The Balaban J connectivity index is 0.00000385. The van der Waals surface area contributed by atoms with E-state index in [1.807, 2.05) is 0 Å². The largest absolute Gasteiger partial charge is 1.00 e. The maximum Gasteiger partial charge on any atom is 1.00 e. The molecule has 1 aromatic heterocycles. The Morgan fingerprint density at radius 2 is 2.06 bits per heavy atom. The Morgan fingerprint density at radius 1 is 1.33 bits per heavy atom. The van der Waals surface area contributed by atoms with Crippen molar-refractivity contribution < 1.29 is 57.5 Å². The minimum Gasteiger partial charge on any atom is -0.543 e. The van der Waals surface area contributed by atoms with Gasteiger partial charge in [0, 0.05) is 18.8 Å². The summed E-state index contributed by atoms with van der Waals surface area (Å²) in [4.78, 5) is 44.6. The molecule has 2 aliphatic heterocycles. The summed E-state index contributed by atoms with van der Waals surface area (Å²) >= 11 is 0. The number of carboxylic acids is 1. The van der Waals surface area contributed by atoms with Gasteiger partial charge >= 0.3 is 29.6 Å². The number of aliphatic imine (C=N–C) groups is 1. The molecule has 1 atom stereocenters.